The lowest BCUT2D eigenvalue weighted by Gasteiger charge is -2.16. The smallest absolute Gasteiger partial charge is 0.224 e. The maximum absolute atomic E-state index is 12.5. The number of rotatable bonds is 7. The number of aromatic nitrogens is 4. The molecule has 172 valence electrons. The predicted molar refractivity (Wildman–Crippen MR) is 128 cm³/mol. The highest BCUT2D eigenvalue weighted by molar-refractivity contribution is 5.92. The average Bonchev–Trinajstić information content (AvgIpc) is 3.42. The van der Waals surface area contributed by atoms with Gasteiger partial charge in [0, 0.05) is 49.6 Å². The third-order valence-electron chi connectivity index (χ3n) is 5.82. The van der Waals surface area contributed by atoms with E-state index in [-0.39, 0.29) is 11.8 Å². The minimum atomic E-state index is -0.132. The van der Waals surface area contributed by atoms with Crippen molar-refractivity contribution in [3.05, 3.63) is 53.6 Å². The molecule has 0 spiro atoms. The fourth-order valence-electron chi connectivity index (χ4n) is 4.13. The standard InChI is InChI=1S/C24H29N7O2/c1-16-21(10-11-24(33)28-20-8-6-19(7-9-20)27-18(3)32)17(2)31(29-16)23-14-22(25-15-26-23)30-12-4-5-13-30/h6-9,14-15H,4-5,10-13H2,1-3H3,(H,27,32)(H,28,33). The number of carbonyl (C=O) groups excluding carboxylic acids is 2. The van der Waals surface area contributed by atoms with E-state index in [4.69, 9.17) is 0 Å². The summed E-state index contributed by atoms with van der Waals surface area (Å²) in [5.41, 5.74) is 4.30. The fourth-order valence-corrected chi connectivity index (χ4v) is 4.13. The Morgan fingerprint density at radius 1 is 0.970 bits per heavy atom. The molecular weight excluding hydrogens is 418 g/mol. The topological polar surface area (TPSA) is 105 Å². The van der Waals surface area contributed by atoms with E-state index in [2.05, 4.69) is 30.6 Å². The second-order valence-electron chi connectivity index (χ2n) is 8.30. The Morgan fingerprint density at radius 3 is 2.27 bits per heavy atom. The third-order valence-corrected chi connectivity index (χ3v) is 5.82. The summed E-state index contributed by atoms with van der Waals surface area (Å²) >= 11 is 0. The molecule has 3 heterocycles. The van der Waals surface area contributed by atoms with Gasteiger partial charge in [0.1, 0.15) is 12.1 Å². The van der Waals surface area contributed by atoms with Crippen molar-refractivity contribution in [1.29, 1.82) is 0 Å². The number of anilines is 3. The van der Waals surface area contributed by atoms with Gasteiger partial charge in [-0.2, -0.15) is 5.10 Å². The largest absolute Gasteiger partial charge is 0.356 e. The number of hydrogen-bond donors (Lipinski definition) is 2. The molecule has 2 aromatic heterocycles. The second-order valence-corrected chi connectivity index (χ2v) is 8.30. The van der Waals surface area contributed by atoms with Crippen LogP contribution in [0.1, 0.15) is 43.1 Å². The molecule has 2 amide bonds. The van der Waals surface area contributed by atoms with Crippen molar-refractivity contribution in [2.45, 2.75) is 46.5 Å². The maximum Gasteiger partial charge on any atom is 0.224 e. The number of aryl methyl sites for hydroxylation is 1. The first-order valence-corrected chi connectivity index (χ1v) is 11.2. The Balaban J connectivity index is 1.41. The van der Waals surface area contributed by atoms with Crippen molar-refractivity contribution in [3.63, 3.8) is 0 Å². The van der Waals surface area contributed by atoms with Crippen LogP contribution >= 0.6 is 0 Å². The molecule has 1 aliphatic heterocycles. The van der Waals surface area contributed by atoms with Crippen molar-refractivity contribution < 1.29 is 9.59 Å². The van der Waals surface area contributed by atoms with Crippen molar-refractivity contribution in [1.82, 2.24) is 19.7 Å². The number of carbonyl (C=O) groups is 2. The molecule has 0 saturated carbocycles. The summed E-state index contributed by atoms with van der Waals surface area (Å²) in [6.45, 7) is 7.46. The molecule has 0 aliphatic carbocycles. The summed E-state index contributed by atoms with van der Waals surface area (Å²) in [7, 11) is 0. The summed E-state index contributed by atoms with van der Waals surface area (Å²) in [5.74, 6) is 1.46. The minimum absolute atomic E-state index is 0.0767. The Hall–Kier alpha value is -3.75. The molecule has 1 fully saturated rings. The molecule has 0 atom stereocenters. The van der Waals surface area contributed by atoms with E-state index in [0.717, 1.165) is 41.7 Å². The average molecular weight is 448 g/mol. The van der Waals surface area contributed by atoms with Gasteiger partial charge in [-0.3, -0.25) is 9.59 Å². The molecule has 3 aromatic rings. The first kappa shape index (κ1) is 22.4. The Labute approximate surface area is 193 Å². The van der Waals surface area contributed by atoms with Crippen LogP contribution in [0.25, 0.3) is 5.82 Å². The van der Waals surface area contributed by atoms with E-state index >= 15 is 0 Å². The predicted octanol–water partition coefficient (Wildman–Crippen LogP) is 3.41. The molecule has 1 aromatic carbocycles. The van der Waals surface area contributed by atoms with Crippen LogP contribution in [-0.4, -0.2) is 44.7 Å². The van der Waals surface area contributed by atoms with Gasteiger partial charge in [-0.1, -0.05) is 0 Å². The highest BCUT2D eigenvalue weighted by atomic mass is 16.2. The van der Waals surface area contributed by atoms with Crippen LogP contribution in [0.4, 0.5) is 17.2 Å². The van der Waals surface area contributed by atoms with Gasteiger partial charge in [0.05, 0.1) is 5.69 Å². The third kappa shape index (κ3) is 5.36. The summed E-state index contributed by atoms with van der Waals surface area (Å²) in [6, 6.07) is 9.03. The Morgan fingerprint density at radius 2 is 1.61 bits per heavy atom. The lowest BCUT2D eigenvalue weighted by atomic mass is 10.1. The first-order chi connectivity index (χ1) is 15.9. The number of nitrogens with zero attached hydrogens (tertiary/aromatic N) is 5. The van der Waals surface area contributed by atoms with Crippen LogP contribution in [0.2, 0.25) is 0 Å². The molecule has 0 bridgehead atoms. The summed E-state index contributed by atoms with van der Waals surface area (Å²) in [4.78, 5) is 34.8. The van der Waals surface area contributed by atoms with Crippen LogP contribution in [0.5, 0.6) is 0 Å². The minimum Gasteiger partial charge on any atom is -0.356 e. The fraction of sp³-hybridized carbons (Fsp3) is 0.375. The number of benzene rings is 1. The SMILES string of the molecule is CC(=O)Nc1ccc(NC(=O)CCc2c(C)nn(-c3cc(N4CCCC4)ncn3)c2C)cc1. The van der Waals surface area contributed by atoms with Gasteiger partial charge < -0.3 is 15.5 Å². The van der Waals surface area contributed by atoms with E-state index in [1.807, 2.05) is 24.6 Å². The summed E-state index contributed by atoms with van der Waals surface area (Å²) < 4.78 is 1.84. The molecule has 4 rings (SSSR count). The molecular formula is C24H29N7O2. The first-order valence-electron chi connectivity index (χ1n) is 11.2. The van der Waals surface area contributed by atoms with E-state index in [0.29, 0.717) is 24.2 Å². The molecule has 9 nitrogen and oxygen atoms in total. The Kier molecular flexibility index (Phi) is 6.67. The van der Waals surface area contributed by atoms with Crippen molar-refractivity contribution in [2.24, 2.45) is 0 Å². The van der Waals surface area contributed by atoms with Gasteiger partial charge in [-0.15, -0.1) is 0 Å². The summed E-state index contributed by atoms with van der Waals surface area (Å²) in [5, 5.41) is 10.3. The molecule has 33 heavy (non-hydrogen) atoms. The van der Waals surface area contributed by atoms with E-state index in [9.17, 15) is 9.59 Å². The second kappa shape index (κ2) is 9.81. The van der Waals surface area contributed by atoms with E-state index < -0.39 is 0 Å². The highest BCUT2D eigenvalue weighted by Crippen LogP contribution is 2.22. The molecule has 2 N–H and O–H groups in total. The lowest BCUT2D eigenvalue weighted by molar-refractivity contribution is -0.116. The zero-order valence-corrected chi connectivity index (χ0v) is 19.3. The van der Waals surface area contributed by atoms with Crippen LogP contribution in [0.3, 0.4) is 0 Å². The van der Waals surface area contributed by atoms with Crippen LogP contribution in [0.15, 0.2) is 36.7 Å². The number of nitrogens with one attached hydrogen (secondary N) is 2. The lowest BCUT2D eigenvalue weighted by Crippen LogP contribution is -2.19. The summed E-state index contributed by atoms with van der Waals surface area (Å²) in [6.07, 6.45) is 4.88. The van der Waals surface area contributed by atoms with Crippen molar-refractivity contribution >= 4 is 29.0 Å². The van der Waals surface area contributed by atoms with E-state index in [1.165, 1.54) is 19.8 Å². The highest BCUT2D eigenvalue weighted by Gasteiger charge is 2.18. The monoisotopic (exact) mass is 447 g/mol. The maximum atomic E-state index is 12.5. The zero-order valence-electron chi connectivity index (χ0n) is 19.3. The molecule has 9 heteroatoms. The van der Waals surface area contributed by atoms with Gasteiger partial charge in [0.15, 0.2) is 5.82 Å². The number of amides is 2. The van der Waals surface area contributed by atoms with Gasteiger partial charge >= 0.3 is 0 Å². The molecule has 0 radical (unpaired) electrons. The van der Waals surface area contributed by atoms with Gasteiger partial charge in [0.25, 0.3) is 0 Å². The van der Waals surface area contributed by atoms with Crippen LogP contribution in [-0.2, 0) is 16.0 Å². The zero-order chi connectivity index (χ0) is 23.4. The van der Waals surface area contributed by atoms with Crippen LogP contribution in [0, 0.1) is 13.8 Å². The van der Waals surface area contributed by atoms with Crippen LogP contribution < -0.4 is 15.5 Å². The van der Waals surface area contributed by atoms with Crippen molar-refractivity contribution in [3.8, 4) is 5.82 Å². The molecule has 1 saturated heterocycles. The molecule has 0 unspecified atom stereocenters. The molecule has 1 aliphatic rings. The van der Waals surface area contributed by atoms with Gasteiger partial charge in [-0.25, -0.2) is 14.6 Å². The normalized spacial score (nSPS) is 13.2. The Bertz CT molecular complexity index is 1150. The quantitative estimate of drug-likeness (QED) is 0.575. The number of hydrogen-bond acceptors (Lipinski definition) is 6. The van der Waals surface area contributed by atoms with Gasteiger partial charge in [-0.05, 0) is 62.9 Å². The van der Waals surface area contributed by atoms with Crippen molar-refractivity contribution in [2.75, 3.05) is 28.6 Å². The van der Waals surface area contributed by atoms with E-state index in [1.54, 1.807) is 30.6 Å². The van der Waals surface area contributed by atoms with Gasteiger partial charge in [0.2, 0.25) is 11.8 Å².